The quantitative estimate of drug-likeness (QED) is 0.847. The van der Waals surface area contributed by atoms with E-state index in [1.807, 2.05) is 11.8 Å². The zero-order valence-corrected chi connectivity index (χ0v) is 10.5. The van der Waals surface area contributed by atoms with E-state index in [1.54, 1.807) is 0 Å². The first kappa shape index (κ1) is 12.2. The van der Waals surface area contributed by atoms with Crippen LogP contribution in [0.1, 0.15) is 23.3 Å². The molecule has 1 fully saturated rings. The van der Waals surface area contributed by atoms with Gasteiger partial charge in [-0.2, -0.15) is 16.9 Å². The molecule has 0 radical (unpaired) electrons. The molecule has 0 spiro atoms. The van der Waals surface area contributed by atoms with Crippen molar-refractivity contribution in [2.45, 2.75) is 18.1 Å². The Morgan fingerprint density at radius 2 is 2.47 bits per heavy atom. The minimum atomic E-state index is -0.215. The molecule has 92 valence electrons. The van der Waals surface area contributed by atoms with Crippen LogP contribution in [-0.4, -0.2) is 33.2 Å². The van der Waals surface area contributed by atoms with Gasteiger partial charge in [0.25, 0.3) is 11.5 Å². The predicted octanol–water partition coefficient (Wildman–Crippen LogP) is 0.406. The third-order valence-electron chi connectivity index (χ3n) is 2.71. The van der Waals surface area contributed by atoms with E-state index in [4.69, 9.17) is 0 Å². The van der Waals surface area contributed by atoms with Gasteiger partial charge in [0.2, 0.25) is 0 Å². The van der Waals surface area contributed by atoms with Gasteiger partial charge < -0.3 is 5.32 Å². The summed E-state index contributed by atoms with van der Waals surface area (Å²) in [5.41, 5.74) is 0.0722. The largest absolute Gasteiger partial charge is 0.350 e. The molecule has 1 amide bonds. The Kier molecular flexibility index (Phi) is 3.83. The molecule has 6 heteroatoms. The van der Waals surface area contributed by atoms with Gasteiger partial charge in [-0.3, -0.25) is 9.59 Å². The summed E-state index contributed by atoms with van der Waals surface area (Å²) in [6.45, 7) is 0.675. The van der Waals surface area contributed by atoms with E-state index < -0.39 is 0 Å². The average molecular weight is 253 g/mol. The van der Waals surface area contributed by atoms with E-state index in [2.05, 4.69) is 10.4 Å². The van der Waals surface area contributed by atoms with Crippen molar-refractivity contribution < 1.29 is 4.79 Å². The number of rotatable bonds is 3. The highest BCUT2D eigenvalue weighted by atomic mass is 32.2. The first-order valence-electron chi connectivity index (χ1n) is 5.61. The number of aryl methyl sites for hydroxylation is 1. The van der Waals surface area contributed by atoms with E-state index in [9.17, 15) is 9.59 Å². The number of hydrogen-bond acceptors (Lipinski definition) is 4. The maximum absolute atomic E-state index is 11.8. The lowest BCUT2D eigenvalue weighted by Gasteiger charge is -2.09. The molecule has 1 aliphatic heterocycles. The molecule has 1 N–H and O–H groups in total. The maximum atomic E-state index is 11.8. The molecule has 2 heterocycles. The van der Waals surface area contributed by atoms with Crippen LogP contribution in [0.3, 0.4) is 0 Å². The lowest BCUT2D eigenvalue weighted by molar-refractivity contribution is 0.0946. The Hall–Kier alpha value is -1.30. The standard InChI is InChI=1S/C11H15N3O2S/c1-14-10(15)5-4-9(13-14)11(16)12-7-8-3-2-6-17-8/h4-5,8H,2-3,6-7H2,1H3,(H,12,16). The smallest absolute Gasteiger partial charge is 0.271 e. The van der Waals surface area contributed by atoms with Gasteiger partial charge in [-0.1, -0.05) is 0 Å². The van der Waals surface area contributed by atoms with E-state index >= 15 is 0 Å². The van der Waals surface area contributed by atoms with E-state index in [0.717, 1.165) is 6.42 Å². The number of carbonyl (C=O) groups is 1. The first-order chi connectivity index (χ1) is 8.16. The summed E-state index contributed by atoms with van der Waals surface area (Å²) >= 11 is 1.89. The molecule has 1 aliphatic rings. The molecule has 1 saturated heterocycles. The monoisotopic (exact) mass is 253 g/mol. The van der Waals surface area contributed by atoms with Crippen LogP contribution in [0.25, 0.3) is 0 Å². The highest BCUT2D eigenvalue weighted by molar-refractivity contribution is 8.00. The van der Waals surface area contributed by atoms with Crippen LogP contribution in [0, 0.1) is 0 Å². The van der Waals surface area contributed by atoms with Gasteiger partial charge in [0.15, 0.2) is 0 Å². The Morgan fingerprint density at radius 1 is 1.65 bits per heavy atom. The number of thioether (sulfide) groups is 1. The molecule has 1 atom stereocenters. The summed E-state index contributed by atoms with van der Waals surface area (Å²) in [6.07, 6.45) is 2.38. The second-order valence-electron chi connectivity index (χ2n) is 4.03. The fourth-order valence-corrected chi connectivity index (χ4v) is 2.93. The van der Waals surface area contributed by atoms with Gasteiger partial charge in [0, 0.05) is 24.9 Å². The van der Waals surface area contributed by atoms with Gasteiger partial charge in [-0.25, -0.2) is 4.68 Å². The Labute approximate surface area is 104 Å². The molecule has 0 aromatic carbocycles. The lowest BCUT2D eigenvalue weighted by atomic mass is 10.2. The van der Waals surface area contributed by atoms with Crippen LogP contribution in [0.2, 0.25) is 0 Å². The fraction of sp³-hybridized carbons (Fsp3) is 0.545. The molecule has 0 aliphatic carbocycles. The van der Waals surface area contributed by atoms with Gasteiger partial charge in [-0.05, 0) is 24.7 Å². The molecular formula is C11H15N3O2S. The van der Waals surface area contributed by atoms with Crippen LogP contribution in [0.15, 0.2) is 16.9 Å². The summed E-state index contributed by atoms with van der Waals surface area (Å²) in [7, 11) is 1.53. The number of aromatic nitrogens is 2. The number of amides is 1. The molecule has 1 aromatic heterocycles. The van der Waals surface area contributed by atoms with E-state index in [0.29, 0.717) is 11.8 Å². The third kappa shape index (κ3) is 3.09. The van der Waals surface area contributed by atoms with Crippen LogP contribution < -0.4 is 10.9 Å². The van der Waals surface area contributed by atoms with Crippen molar-refractivity contribution in [1.29, 1.82) is 0 Å². The van der Waals surface area contributed by atoms with Gasteiger partial charge in [0.1, 0.15) is 5.69 Å². The summed E-state index contributed by atoms with van der Waals surface area (Å²) in [5.74, 6) is 0.964. The lowest BCUT2D eigenvalue weighted by Crippen LogP contribution is -2.32. The van der Waals surface area contributed by atoms with Crippen molar-refractivity contribution in [2.24, 2.45) is 7.05 Å². The second kappa shape index (κ2) is 5.35. The summed E-state index contributed by atoms with van der Waals surface area (Å²) in [6, 6.07) is 2.81. The van der Waals surface area contributed by atoms with Crippen molar-refractivity contribution in [1.82, 2.24) is 15.1 Å². The average Bonchev–Trinajstić information content (AvgIpc) is 2.82. The van der Waals surface area contributed by atoms with Crippen LogP contribution in [-0.2, 0) is 7.05 Å². The summed E-state index contributed by atoms with van der Waals surface area (Å²) in [5, 5.41) is 7.27. The maximum Gasteiger partial charge on any atom is 0.271 e. The van der Waals surface area contributed by atoms with Crippen LogP contribution >= 0.6 is 11.8 Å². The van der Waals surface area contributed by atoms with Gasteiger partial charge >= 0.3 is 0 Å². The Morgan fingerprint density at radius 3 is 3.12 bits per heavy atom. The number of nitrogens with one attached hydrogen (secondary N) is 1. The molecule has 0 bridgehead atoms. The Balaban J connectivity index is 1.94. The molecule has 1 unspecified atom stereocenters. The molecule has 5 nitrogen and oxygen atoms in total. The molecule has 1 aromatic rings. The number of hydrogen-bond donors (Lipinski definition) is 1. The molecule has 0 saturated carbocycles. The highest BCUT2D eigenvalue weighted by Crippen LogP contribution is 2.25. The zero-order valence-electron chi connectivity index (χ0n) is 9.68. The van der Waals surface area contributed by atoms with Gasteiger partial charge in [-0.15, -0.1) is 0 Å². The second-order valence-corrected chi connectivity index (χ2v) is 5.43. The minimum Gasteiger partial charge on any atom is -0.350 e. The zero-order chi connectivity index (χ0) is 12.3. The van der Waals surface area contributed by atoms with Crippen molar-refractivity contribution in [3.05, 3.63) is 28.2 Å². The van der Waals surface area contributed by atoms with Crippen LogP contribution in [0.5, 0.6) is 0 Å². The SMILES string of the molecule is Cn1nc(C(=O)NCC2CCCS2)ccc1=O. The first-order valence-corrected chi connectivity index (χ1v) is 6.66. The fourth-order valence-electron chi connectivity index (χ4n) is 1.73. The van der Waals surface area contributed by atoms with Gasteiger partial charge in [0.05, 0.1) is 0 Å². The molecule has 17 heavy (non-hydrogen) atoms. The predicted molar refractivity (Wildman–Crippen MR) is 67.3 cm³/mol. The third-order valence-corrected chi connectivity index (χ3v) is 4.11. The van der Waals surface area contributed by atoms with Crippen molar-refractivity contribution in [2.75, 3.05) is 12.3 Å². The summed E-state index contributed by atoms with van der Waals surface area (Å²) in [4.78, 5) is 22.9. The molecule has 2 rings (SSSR count). The molecular weight excluding hydrogens is 238 g/mol. The number of nitrogens with zero attached hydrogens (tertiary/aromatic N) is 2. The van der Waals surface area contributed by atoms with E-state index in [-0.39, 0.29) is 17.2 Å². The normalized spacial score (nSPS) is 19.2. The number of carbonyl (C=O) groups excluding carboxylic acids is 1. The van der Waals surface area contributed by atoms with Crippen molar-refractivity contribution in [3.8, 4) is 0 Å². The van der Waals surface area contributed by atoms with E-state index in [1.165, 1.54) is 36.0 Å². The minimum absolute atomic E-state index is 0.215. The topological polar surface area (TPSA) is 64.0 Å². The van der Waals surface area contributed by atoms with Crippen molar-refractivity contribution in [3.63, 3.8) is 0 Å². The highest BCUT2D eigenvalue weighted by Gasteiger charge is 2.17. The Bertz CT molecular complexity index is 466. The van der Waals surface area contributed by atoms with Crippen LogP contribution in [0.4, 0.5) is 0 Å². The van der Waals surface area contributed by atoms with Crippen molar-refractivity contribution >= 4 is 17.7 Å². The summed E-state index contributed by atoms with van der Waals surface area (Å²) < 4.78 is 1.17.